The van der Waals surface area contributed by atoms with Crippen LogP contribution < -0.4 is 10.3 Å². The number of nitrogens with zero attached hydrogens (tertiary/aromatic N) is 2. The lowest BCUT2D eigenvalue weighted by molar-refractivity contribution is 0.102. The van der Waals surface area contributed by atoms with E-state index in [1.165, 1.54) is 11.8 Å². The number of rotatable bonds is 8. The molecule has 1 unspecified atom stereocenters. The van der Waals surface area contributed by atoms with Crippen LogP contribution in [0.2, 0.25) is 0 Å². The van der Waals surface area contributed by atoms with Gasteiger partial charge in [0.05, 0.1) is 29.0 Å². The molecule has 0 bridgehead atoms. The van der Waals surface area contributed by atoms with E-state index in [1.54, 1.807) is 41.0 Å². The zero-order chi connectivity index (χ0) is 24.3. The molecule has 0 fully saturated rings. The summed E-state index contributed by atoms with van der Waals surface area (Å²) in [6.45, 7) is 1.94. The summed E-state index contributed by atoms with van der Waals surface area (Å²) in [4.78, 5) is 30.9. The Morgan fingerprint density at radius 2 is 1.65 bits per heavy atom. The molecule has 1 aromatic heterocycles. The molecule has 4 rings (SSSR count). The summed E-state index contributed by atoms with van der Waals surface area (Å²) in [5.41, 5.74) is 2.21. The Bertz CT molecular complexity index is 1500. The number of Topliss-reactive ketones (excluding diaryl/α,β-unsaturated/α-hetero) is 1. The van der Waals surface area contributed by atoms with Crippen LogP contribution in [0, 0.1) is 0 Å². The van der Waals surface area contributed by atoms with Crippen LogP contribution in [0.4, 0.5) is 5.69 Å². The summed E-state index contributed by atoms with van der Waals surface area (Å²) in [5, 5.41) is 0.985. The highest BCUT2D eigenvalue weighted by Crippen LogP contribution is 2.25. The van der Waals surface area contributed by atoms with Gasteiger partial charge >= 0.3 is 0 Å². The Hall–Kier alpha value is -3.43. The highest BCUT2D eigenvalue weighted by molar-refractivity contribution is 7.99. The zero-order valence-electron chi connectivity index (χ0n) is 18.6. The predicted molar refractivity (Wildman–Crippen MR) is 136 cm³/mol. The maximum Gasteiger partial charge on any atom is 0.262 e. The van der Waals surface area contributed by atoms with Crippen molar-refractivity contribution < 1.29 is 13.2 Å². The number of nitrogens with one attached hydrogen (secondary N) is 1. The van der Waals surface area contributed by atoms with Crippen LogP contribution in [0.1, 0.15) is 28.9 Å². The molecular formula is C25H23N3O4S2. The molecule has 7 nitrogen and oxygen atoms in total. The van der Waals surface area contributed by atoms with Gasteiger partial charge in [0, 0.05) is 11.3 Å². The summed E-state index contributed by atoms with van der Waals surface area (Å²) in [6, 6.07) is 22.8. The van der Waals surface area contributed by atoms with Crippen molar-refractivity contribution in [2.75, 3.05) is 16.7 Å². The van der Waals surface area contributed by atoms with Crippen molar-refractivity contribution in [3.63, 3.8) is 0 Å². The Morgan fingerprint density at radius 3 is 2.32 bits per heavy atom. The van der Waals surface area contributed by atoms with Crippen LogP contribution in [-0.4, -0.2) is 35.8 Å². The van der Waals surface area contributed by atoms with Gasteiger partial charge in [0.15, 0.2) is 10.9 Å². The van der Waals surface area contributed by atoms with Gasteiger partial charge in [0.2, 0.25) is 10.0 Å². The molecule has 0 saturated heterocycles. The van der Waals surface area contributed by atoms with Gasteiger partial charge in [-0.2, -0.15) is 0 Å². The molecule has 1 N–H and O–H groups in total. The number of thioether (sulfide) groups is 1. The second-order valence-electron chi connectivity index (χ2n) is 7.84. The van der Waals surface area contributed by atoms with Gasteiger partial charge in [-0.3, -0.25) is 18.9 Å². The lowest BCUT2D eigenvalue weighted by Gasteiger charge is -2.20. The standard InChI is InChI=1S/C25H23N3O4S2/c1-17(18-8-4-3-5-9-18)28-24(30)21-10-6-7-11-22(21)26-25(28)33-16-23(29)19-12-14-20(15-13-19)27-34(2,31)32/h3-15,17,27H,16H2,1-2H3. The molecule has 0 saturated carbocycles. The van der Waals surface area contributed by atoms with E-state index in [-0.39, 0.29) is 23.1 Å². The number of fused-ring (bicyclic) bond motifs is 1. The summed E-state index contributed by atoms with van der Waals surface area (Å²) in [5.74, 6) is -0.0808. The second kappa shape index (κ2) is 9.82. The van der Waals surface area contributed by atoms with Gasteiger partial charge in [-0.15, -0.1) is 0 Å². The third-order valence-corrected chi connectivity index (χ3v) is 6.85. The fourth-order valence-electron chi connectivity index (χ4n) is 3.60. The van der Waals surface area contributed by atoms with Crippen molar-refractivity contribution in [3.8, 4) is 0 Å². The van der Waals surface area contributed by atoms with Gasteiger partial charge in [0.1, 0.15) is 0 Å². The van der Waals surface area contributed by atoms with E-state index in [1.807, 2.05) is 49.4 Å². The molecule has 0 radical (unpaired) electrons. The van der Waals surface area contributed by atoms with Crippen molar-refractivity contribution in [1.29, 1.82) is 0 Å². The monoisotopic (exact) mass is 493 g/mol. The minimum atomic E-state index is -3.39. The number of sulfonamides is 1. The first-order valence-corrected chi connectivity index (χ1v) is 13.4. The van der Waals surface area contributed by atoms with Crippen molar-refractivity contribution in [2.45, 2.75) is 18.1 Å². The lowest BCUT2D eigenvalue weighted by Crippen LogP contribution is -2.27. The molecule has 4 aromatic rings. The quantitative estimate of drug-likeness (QED) is 0.223. The Balaban J connectivity index is 1.63. The lowest BCUT2D eigenvalue weighted by atomic mass is 10.1. The highest BCUT2D eigenvalue weighted by Gasteiger charge is 2.19. The molecule has 34 heavy (non-hydrogen) atoms. The number of aromatic nitrogens is 2. The number of benzene rings is 3. The maximum atomic E-state index is 13.4. The second-order valence-corrected chi connectivity index (χ2v) is 10.5. The molecule has 0 aliphatic rings. The number of anilines is 1. The average molecular weight is 494 g/mol. The van der Waals surface area contributed by atoms with Gasteiger partial charge < -0.3 is 0 Å². The Kier molecular flexibility index (Phi) is 6.85. The van der Waals surface area contributed by atoms with Crippen molar-refractivity contribution >= 4 is 44.2 Å². The first-order chi connectivity index (χ1) is 16.2. The fraction of sp³-hybridized carbons (Fsp3) is 0.160. The number of hydrogen-bond acceptors (Lipinski definition) is 6. The average Bonchev–Trinajstić information content (AvgIpc) is 2.82. The molecule has 0 amide bonds. The van der Waals surface area contributed by atoms with E-state index in [4.69, 9.17) is 4.98 Å². The van der Waals surface area contributed by atoms with Gasteiger partial charge in [-0.1, -0.05) is 54.2 Å². The van der Waals surface area contributed by atoms with E-state index in [0.29, 0.717) is 27.3 Å². The Labute approximate surface area is 201 Å². The van der Waals surface area contributed by atoms with Gasteiger partial charge in [-0.25, -0.2) is 13.4 Å². The van der Waals surface area contributed by atoms with Crippen molar-refractivity contribution in [3.05, 3.63) is 100 Å². The fourth-order valence-corrected chi connectivity index (χ4v) is 5.14. The van der Waals surface area contributed by atoms with E-state index in [9.17, 15) is 18.0 Å². The van der Waals surface area contributed by atoms with E-state index < -0.39 is 10.0 Å². The first kappa shape index (κ1) is 23.7. The van der Waals surface area contributed by atoms with Crippen LogP contribution >= 0.6 is 11.8 Å². The SMILES string of the molecule is CC(c1ccccc1)n1c(SCC(=O)c2ccc(NS(C)(=O)=O)cc2)nc2ccccc2c1=O. The first-order valence-electron chi connectivity index (χ1n) is 10.5. The molecule has 174 valence electrons. The van der Waals surface area contributed by atoms with Gasteiger partial charge in [-0.05, 0) is 48.9 Å². The molecule has 0 spiro atoms. The number of ketones is 1. The summed E-state index contributed by atoms with van der Waals surface area (Å²) < 4.78 is 26.8. The third kappa shape index (κ3) is 5.37. The molecular weight excluding hydrogens is 470 g/mol. The van der Waals surface area contributed by atoms with E-state index in [2.05, 4.69) is 4.72 Å². The topological polar surface area (TPSA) is 98.1 Å². The molecule has 1 atom stereocenters. The zero-order valence-corrected chi connectivity index (χ0v) is 20.3. The molecule has 9 heteroatoms. The smallest absolute Gasteiger partial charge is 0.262 e. The van der Waals surface area contributed by atoms with Crippen LogP contribution in [0.25, 0.3) is 10.9 Å². The molecule has 0 aliphatic carbocycles. The van der Waals surface area contributed by atoms with E-state index in [0.717, 1.165) is 11.8 Å². The molecule has 0 aliphatic heterocycles. The number of carbonyl (C=O) groups excluding carboxylic acids is 1. The van der Waals surface area contributed by atoms with Crippen LogP contribution in [0.5, 0.6) is 0 Å². The summed E-state index contributed by atoms with van der Waals surface area (Å²) >= 11 is 1.21. The van der Waals surface area contributed by atoms with E-state index >= 15 is 0 Å². The van der Waals surface area contributed by atoms with Gasteiger partial charge in [0.25, 0.3) is 5.56 Å². The normalized spacial score (nSPS) is 12.4. The van der Waals surface area contributed by atoms with Crippen molar-refractivity contribution in [1.82, 2.24) is 9.55 Å². The van der Waals surface area contributed by atoms with Crippen LogP contribution in [0.15, 0.2) is 88.8 Å². The number of para-hydroxylation sites is 1. The van der Waals surface area contributed by atoms with Crippen LogP contribution in [0.3, 0.4) is 0 Å². The largest absolute Gasteiger partial charge is 0.293 e. The summed E-state index contributed by atoms with van der Waals surface area (Å²) in [6.07, 6.45) is 1.06. The molecule has 3 aromatic carbocycles. The number of hydrogen-bond donors (Lipinski definition) is 1. The highest BCUT2D eigenvalue weighted by atomic mass is 32.2. The Morgan fingerprint density at radius 1 is 1.00 bits per heavy atom. The predicted octanol–water partition coefficient (Wildman–Crippen LogP) is 4.35. The maximum absolute atomic E-state index is 13.4. The minimum Gasteiger partial charge on any atom is -0.293 e. The third-order valence-electron chi connectivity index (χ3n) is 5.29. The molecule has 1 heterocycles. The minimum absolute atomic E-state index is 0.0745. The van der Waals surface area contributed by atoms with Crippen LogP contribution in [-0.2, 0) is 10.0 Å². The summed E-state index contributed by atoms with van der Waals surface area (Å²) in [7, 11) is -3.39. The number of carbonyl (C=O) groups is 1. The van der Waals surface area contributed by atoms with Crippen molar-refractivity contribution in [2.24, 2.45) is 0 Å².